The maximum Gasteiger partial charge on any atom is 0.220 e. The third-order valence-corrected chi connectivity index (χ3v) is 3.67. The van der Waals surface area contributed by atoms with Gasteiger partial charge in [-0.1, -0.05) is 26.0 Å². The lowest BCUT2D eigenvalue weighted by Gasteiger charge is -2.08. The number of carbonyl (C=O) groups is 1. The van der Waals surface area contributed by atoms with Crippen LogP contribution in [0.5, 0.6) is 0 Å². The molecular weight excluding hydrogens is 262 g/mol. The number of aryl methyl sites for hydroxylation is 1. The van der Waals surface area contributed by atoms with E-state index in [9.17, 15) is 4.79 Å². The van der Waals surface area contributed by atoms with Gasteiger partial charge in [0, 0.05) is 25.9 Å². The van der Waals surface area contributed by atoms with Gasteiger partial charge in [0.1, 0.15) is 5.82 Å². The molecule has 0 radical (unpaired) electrons. The summed E-state index contributed by atoms with van der Waals surface area (Å²) < 4.78 is 2.22. The van der Waals surface area contributed by atoms with Gasteiger partial charge in [-0.2, -0.15) is 0 Å². The highest BCUT2D eigenvalue weighted by Crippen LogP contribution is 2.16. The summed E-state index contributed by atoms with van der Waals surface area (Å²) in [4.78, 5) is 16.4. The molecule has 1 aromatic carbocycles. The van der Waals surface area contributed by atoms with Gasteiger partial charge in [0.05, 0.1) is 11.0 Å². The minimum absolute atomic E-state index is 0.142. The average molecular weight is 287 g/mol. The van der Waals surface area contributed by atoms with Crippen molar-refractivity contribution in [1.29, 1.82) is 0 Å². The first-order valence-corrected chi connectivity index (χ1v) is 7.82. The van der Waals surface area contributed by atoms with E-state index in [1.807, 2.05) is 18.2 Å². The van der Waals surface area contributed by atoms with Crippen molar-refractivity contribution in [2.24, 2.45) is 5.92 Å². The number of nitrogens with one attached hydrogen (secondary N) is 1. The molecule has 2 aromatic rings. The van der Waals surface area contributed by atoms with Crippen LogP contribution in [0.15, 0.2) is 24.3 Å². The topological polar surface area (TPSA) is 46.9 Å². The van der Waals surface area contributed by atoms with Crippen molar-refractivity contribution in [2.75, 3.05) is 6.54 Å². The van der Waals surface area contributed by atoms with Crippen LogP contribution in [0.2, 0.25) is 0 Å². The molecule has 0 spiro atoms. The van der Waals surface area contributed by atoms with Crippen molar-refractivity contribution in [3.63, 3.8) is 0 Å². The van der Waals surface area contributed by atoms with Gasteiger partial charge >= 0.3 is 0 Å². The van der Waals surface area contributed by atoms with Gasteiger partial charge < -0.3 is 9.88 Å². The van der Waals surface area contributed by atoms with Crippen LogP contribution in [0.1, 0.15) is 39.4 Å². The van der Waals surface area contributed by atoms with Crippen LogP contribution < -0.4 is 5.32 Å². The largest absolute Gasteiger partial charge is 0.356 e. The van der Waals surface area contributed by atoms with Crippen LogP contribution in [0.4, 0.5) is 0 Å². The molecule has 0 aliphatic carbocycles. The van der Waals surface area contributed by atoms with E-state index in [1.165, 1.54) is 5.52 Å². The maximum absolute atomic E-state index is 11.7. The van der Waals surface area contributed by atoms with Crippen molar-refractivity contribution in [3.8, 4) is 0 Å². The van der Waals surface area contributed by atoms with Crippen LogP contribution >= 0.6 is 0 Å². The first kappa shape index (κ1) is 15.5. The molecule has 2 rings (SSSR count). The van der Waals surface area contributed by atoms with Gasteiger partial charge in [-0.25, -0.2) is 4.98 Å². The quantitative estimate of drug-likeness (QED) is 0.850. The zero-order valence-electron chi connectivity index (χ0n) is 13.2. The van der Waals surface area contributed by atoms with Crippen LogP contribution in [0.25, 0.3) is 11.0 Å². The van der Waals surface area contributed by atoms with Crippen LogP contribution in [-0.4, -0.2) is 22.0 Å². The number of nitrogens with zero attached hydrogens (tertiary/aromatic N) is 2. The van der Waals surface area contributed by atoms with E-state index in [2.05, 4.69) is 41.7 Å². The Morgan fingerprint density at radius 2 is 2.10 bits per heavy atom. The lowest BCUT2D eigenvalue weighted by Crippen LogP contribution is -2.26. The summed E-state index contributed by atoms with van der Waals surface area (Å²) in [7, 11) is 0. The Kier molecular flexibility index (Phi) is 5.37. The van der Waals surface area contributed by atoms with E-state index < -0.39 is 0 Å². The number of amides is 1. The van der Waals surface area contributed by atoms with Crippen molar-refractivity contribution < 1.29 is 4.79 Å². The minimum Gasteiger partial charge on any atom is -0.356 e. The number of aromatic nitrogens is 2. The third kappa shape index (κ3) is 4.06. The lowest BCUT2D eigenvalue weighted by molar-refractivity contribution is -0.121. The van der Waals surface area contributed by atoms with Gasteiger partial charge in [0.25, 0.3) is 0 Å². The minimum atomic E-state index is 0.142. The summed E-state index contributed by atoms with van der Waals surface area (Å²) >= 11 is 0. The van der Waals surface area contributed by atoms with Crippen LogP contribution in [0.3, 0.4) is 0 Å². The molecule has 0 atom stereocenters. The van der Waals surface area contributed by atoms with E-state index in [1.54, 1.807) is 0 Å². The average Bonchev–Trinajstić information content (AvgIpc) is 2.82. The monoisotopic (exact) mass is 287 g/mol. The van der Waals surface area contributed by atoms with E-state index in [0.717, 1.165) is 30.7 Å². The Labute approximate surface area is 126 Å². The molecule has 1 aromatic heterocycles. The summed E-state index contributed by atoms with van der Waals surface area (Å²) in [5.74, 6) is 1.76. The van der Waals surface area contributed by atoms with Gasteiger partial charge in [-0.05, 0) is 31.4 Å². The van der Waals surface area contributed by atoms with Crippen molar-refractivity contribution in [2.45, 2.75) is 46.6 Å². The number of rotatable bonds is 7. The summed E-state index contributed by atoms with van der Waals surface area (Å²) in [5.41, 5.74) is 2.20. The van der Waals surface area contributed by atoms with Gasteiger partial charge in [0.2, 0.25) is 5.91 Å². The zero-order valence-corrected chi connectivity index (χ0v) is 13.2. The van der Waals surface area contributed by atoms with E-state index >= 15 is 0 Å². The number of benzene rings is 1. The normalized spacial score (nSPS) is 11.2. The van der Waals surface area contributed by atoms with Crippen LogP contribution in [-0.2, 0) is 17.8 Å². The molecule has 114 valence electrons. The smallest absolute Gasteiger partial charge is 0.220 e. The fourth-order valence-electron chi connectivity index (χ4n) is 2.49. The number of hydrogen-bond donors (Lipinski definition) is 1. The predicted octanol–water partition coefficient (Wildman–Crippen LogP) is 3.15. The zero-order chi connectivity index (χ0) is 15.2. The van der Waals surface area contributed by atoms with Crippen LogP contribution in [0, 0.1) is 5.92 Å². The molecule has 0 bridgehead atoms. The van der Waals surface area contributed by atoms with Gasteiger partial charge in [-0.15, -0.1) is 0 Å². The second kappa shape index (κ2) is 7.25. The van der Waals surface area contributed by atoms with E-state index in [0.29, 0.717) is 18.9 Å². The fourth-order valence-corrected chi connectivity index (χ4v) is 2.49. The Balaban J connectivity index is 1.93. The molecule has 0 saturated heterocycles. The van der Waals surface area contributed by atoms with E-state index in [-0.39, 0.29) is 5.91 Å². The summed E-state index contributed by atoms with van der Waals surface area (Å²) in [6.07, 6.45) is 2.33. The molecule has 4 heteroatoms. The lowest BCUT2D eigenvalue weighted by atomic mass is 10.1. The molecule has 4 nitrogen and oxygen atoms in total. The number of hydrogen-bond acceptors (Lipinski definition) is 2. The Hall–Kier alpha value is -1.84. The molecule has 0 aliphatic rings. The number of imidazole rings is 1. The Morgan fingerprint density at radius 1 is 1.33 bits per heavy atom. The molecule has 0 aliphatic heterocycles. The summed E-state index contributed by atoms with van der Waals surface area (Å²) in [5, 5.41) is 2.99. The Bertz CT molecular complexity index is 601. The highest BCUT2D eigenvalue weighted by atomic mass is 16.1. The second-order valence-corrected chi connectivity index (χ2v) is 5.79. The summed E-state index contributed by atoms with van der Waals surface area (Å²) in [6.45, 7) is 7.95. The predicted molar refractivity (Wildman–Crippen MR) is 86.2 cm³/mol. The van der Waals surface area contributed by atoms with Crippen molar-refractivity contribution in [3.05, 3.63) is 30.1 Å². The first-order valence-electron chi connectivity index (χ1n) is 7.82. The van der Waals surface area contributed by atoms with Crippen molar-refractivity contribution in [1.82, 2.24) is 14.9 Å². The molecule has 1 heterocycles. The number of fused-ring (bicyclic) bond motifs is 1. The molecule has 21 heavy (non-hydrogen) atoms. The molecule has 1 N–H and O–H groups in total. The van der Waals surface area contributed by atoms with Crippen molar-refractivity contribution >= 4 is 16.9 Å². The molecular formula is C17H25N3O. The summed E-state index contributed by atoms with van der Waals surface area (Å²) in [6, 6.07) is 8.17. The first-order chi connectivity index (χ1) is 10.1. The highest BCUT2D eigenvalue weighted by molar-refractivity contribution is 5.76. The molecule has 0 unspecified atom stereocenters. The fraction of sp³-hybridized carbons (Fsp3) is 0.529. The number of carbonyl (C=O) groups excluding carboxylic acids is 1. The third-order valence-electron chi connectivity index (χ3n) is 3.67. The standard InChI is InChI=1S/C17H25N3O/c1-4-20-15-8-6-5-7-14(15)19-16(20)11-12-18-17(21)10-9-13(2)3/h5-8,13H,4,9-12H2,1-3H3,(H,18,21). The molecule has 0 fully saturated rings. The molecule has 1 amide bonds. The maximum atomic E-state index is 11.7. The van der Waals surface area contributed by atoms with Gasteiger partial charge in [0.15, 0.2) is 0 Å². The molecule has 0 saturated carbocycles. The number of para-hydroxylation sites is 2. The van der Waals surface area contributed by atoms with Gasteiger partial charge in [-0.3, -0.25) is 4.79 Å². The highest BCUT2D eigenvalue weighted by Gasteiger charge is 2.09. The van der Waals surface area contributed by atoms with E-state index in [4.69, 9.17) is 0 Å². The SMILES string of the molecule is CCn1c(CCNC(=O)CCC(C)C)nc2ccccc21. The Morgan fingerprint density at radius 3 is 2.81 bits per heavy atom. The second-order valence-electron chi connectivity index (χ2n) is 5.79.